The molecule has 1 aliphatic rings. The Balaban J connectivity index is 1.80. The van der Waals surface area contributed by atoms with Crippen LogP contribution < -0.4 is 0 Å². The van der Waals surface area contributed by atoms with Gasteiger partial charge < -0.3 is 10.2 Å². The summed E-state index contributed by atoms with van der Waals surface area (Å²) < 4.78 is 0.721. The highest BCUT2D eigenvalue weighted by Gasteiger charge is 2.32. The number of carboxylic acids is 1. The molecule has 1 heterocycles. The van der Waals surface area contributed by atoms with Crippen LogP contribution in [0.2, 0.25) is 0 Å². The number of carbonyl (C=O) groups excluding carboxylic acids is 1. The van der Waals surface area contributed by atoms with Crippen molar-refractivity contribution in [3.05, 3.63) is 23.2 Å². The maximum atomic E-state index is 12.2. The summed E-state index contributed by atoms with van der Waals surface area (Å²) in [4.78, 5) is 27.1. The molecule has 1 unspecified atom stereocenters. The molecular weight excluding hydrogens is 382 g/mol. The second-order valence-corrected chi connectivity index (χ2v) is 8.67. The first-order valence-electron chi connectivity index (χ1n) is 9.18. The predicted octanol–water partition coefficient (Wildman–Crippen LogP) is 4.03. The molecule has 1 aromatic heterocycles. The molecular formula is C20H25NO4S2. The molecule has 0 spiro atoms. The molecule has 1 fully saturated rings. The normalized spacial score (nSPS) is 20.6. The van der Waals surface area contributed by atoms with Gasteiger partial charge in [-0.15, -0.1) is 17.3 Å². The van der Waals surface area contributed by atoms with Gasteiger partial charge in [-0.3, -0.25) is 4.79 Å². The fourth-order valence-corrected chi connectivity index (χ4v) is 4.88. The monoisotopic (exact) mass is 407 g/mol. The van der Waals surface area contributed by atoms with Gasteiger partial charge in [0.25, 0.3) is 0 Å². The molecule has 0 saturated heterocycles. The molecule has 0 aromatic carbocycles. The number of aromatic carboxylic acids is 1. The van der Waals surface area contributed by atoms with Gasteiger partial charge in [-0.05, 0) is 25.2 Å². The standard InChI is InChI=1S/C20H25NO4S2/c1-2-3-4-7-15(22)8-5-6-14-9-10-18(23)16(14)11-12-26-20-21-17(13-27-20)19(24)25/h5-6,13-16,22H,2-3,8-12H2,1H3,(H,24,25)/t14-,15?,16+/m0/s1. The molecule has 7 heteroatoms. The van der Waals surface area contributed by atoms with E-state index in [2.05, 4.69) is 29.8 Å². The highest BCUT2D eigenvalue weighted by molar-refractivity contribution is 8.01. The Morgan fingerprint density at radius 1 is 1.56 bits per heavy atom. The highest BCUT2D eigenvalue weighted by Crippen LogP contribution is 2.34. The van der Waals surface area contributed by atoms with Gasteiger partial charge in [-0.2, -0.15) is 0 Å². The number of hydrogen-bond donors (Lipinski definition) is 2. The average molecular weight is 408 g/mol. The summed E-state index contributed by atoms with van der Waals surface area (Å²) in [7, 11) is 0. The quantitative estimate of drug-likeness (QED) is 0.365. The third-order valence-electron chi connectivity index (χ3n) is 4.40. The second-order valence-electron chi connectivity index (χ2n) is 6.47. The molecule has 146 valence electrons. The van der Waals surface area contributed by atoms with Crippen LogP contribution >= 0.6 is 23.1 Å². The lowest BCUT2D eigenvalue weighted by atomic mass is 9.92. The molecule has 0 amide bonds. The zero-order valence-corrected chi connectivity index (χ0v) is 17.0. The first-order valence-corrected chi connectivity index (χ1v) is 11.0. The van der Waals surface area contributed by atoms with Crippen LogP contribution in [0.5, 0.6) is 0 Å². The minimum atomic E-state index is -1.02. The van der Waals surface area contributed by atoms with Gasteiger partial charge in [0.05, 0.1) is 0 Å². The van der Waals surface area contributed by atoms with Gasteiger partial charge >= 0.3 is 5.97 Å². The Morgan fingerprint density at radius 2 is 2.37 bits per heavy atom. The van der Waals surface area contributed by atoms with E-state index in [0.717, 1.165) is 35.8 Å². The summed E-state index contributed by atoms with van der Waals surface area (Å²) in [6.45, 7) is 2.05. The Labute approximate surface area is 168 Å². The molecule has 2 rings (SSSR count). The van der Waals surface area contributed by atoms with Crippen LogP contribution in [-0.4, -0.2) is 38.8 Å². The first kappa shape index (κ1) is 21.7. The van der Waals surface area contributed by atoms with E-state index in [1.165, 1.54) is 28.5 Å². The maximum absolute atomic E-state index is 12.2. The van der Waals surface area contributed by atoms with Crippen molar-refractivity contribution >= 4 is 34.9 Å². The van der Waals surface area contributed by atoms with Gasteiger partial charge in [-0.25, -0.2) is 9.78 Å². The van der Waals surface area contributed by atoms with E-state index in [4.69, 9.17) is 5.11 Å². The van der Waals surface area contributed by atoms with E-state index >= 15 is 0 Å². The molecule has 0 aliphatic heterocycles. The SMILES string of the molecule is CCCC#CC(O)CC=C[C@H]1CCC(=O)[C@@H]1CCSc1nc(C(=O)O)cs1. The number of ketones is 1. The van der Waals surface area contributed by atoms with E-state index in [9.17, 15) is 14.7 Å². The molecule has 27 heavy (non-hydrogen) atoms. The Kier molecular flexibility index (Phi) is 9.05. The molecule has 5 nitrogen and oxygen atoms in total. The smallest absolute Gasteiger partial charge is 0.355 e. The van der Waals surface area contributed by atoms with Crippen molar-refractivity contribution in [2.24, 2.45) is 11.8 Å². The summed E-state index contributed by atoms with van der Waals surface area (Å²) in [5.41, 5.74) is 0.0702. The van der Waals surface area contributed by atoms with Crippen molar-refractivity contribution in [2.45, 2.75) is 55.9 Å². The number of rotatable bonds is 9. The Bertz CT molecular complexity index is 732. The highest BCUT2D eigenvalue weighted by atomic mass is 32.2. The fourth-order valence-electron chi connectivity index (χ4n) is 2.99. The topological polar surface area (TPSA) is 87.5 Å². The van der Waals surface area contributed by atoms with Gasteiger partial charge in [0, 0.05) is 36.3 Å². The lowest BCUT2D eigenvalue weighted by Gasteiger charge is -2.14. The number of hydrogen-bond acceptors (Lipinski definition) is 6. The minimum Gasteiger partial charge on any atom is -0.476 e. The molecule has 1 aliphatic carbocycles. The fraction of sp³-hybridized carbons (Fsp3) is 0.550. The predicted molar refractivity (Wildman–Crippen MR) is 108 cm³/mol. The number of allylic oxidation sites excluding steroid dienone is 1. The van der Waals surface area contributed by atoms with Crippen molar-refractivity contribution < 1.29 is 19.8 Å². The molecule has 1 saturated carbocycles. The van der Waals surface area contributed by atoms with Crippen molar-refractivity contribution in [3.63, 3.8) is 0 Å². The summed E-state index contributed by atoms with van der Waals surface area (Å²) in [6.07, 6.45) is 7.81. The number of unbranched alkanes of at least 4 members (excludes halogenated alkanes) is 1. The van der Waals surface area contributed by atoms with Crippen LogP contribution in [0.15, 0.2) is 21.9 Å². The molecule has 1 aromatic rings. The zero-order chi connectivity index (χ0) is 19.6. The second kappa shape index (κ2) is 11.3. The number of carboxylic acid groups (broad SMARTS) is 1. The first-order chi connectivity index (χ1) is 13.0. The van der Waals surface area contributed by atoms with Crippen LogP contribution in [0.3, 0.4) is 0 Å². The third kappa shape index (κ3) is 7.13. The molecule has 0 bridgehead atoms. The van der Waals surface area contributed by atoms with Crippen molar-refractivity contribution in [3.8, 4) is 11.8 Å². The van der Waals surface area contributed by atoms with E-state index in [0.29, 0.717) is 18.6 Å². The number of carbonyl (C=O) groups is 2. The van der Waals surface area contributed by atoms with Gasteiger partial charge in [0.15, 0.2) is 10.0 Å². The van der Waals surface area contributed by atoms with E-state index in [-0.39, 0.29) is 17.5 Å². The van der Waals surface area contributed by atoms with E-state index in [1.54, 1.807) is 0 Å². The lowest BCUT2D eigenvalue weighted by molar-refractivity contribution is -0.121. The zero-order valence-electron chi connectivity index (χ0n) is 15.4. The Hall–Kier alpha value is -1.62. The van der Waals surface area contributed by atoms with Gasteiger partial charge in [-0.1, -0.05) is 36.8 Å². The van der Waals surface area contributed by atoms with E-state index in [1.807, 2.05) is 6.08 Å². The van der Waals surface area contributed by atoms with Crippen LogP contribution in [0.1, 0.15) is 55.9 Å². The molecule has 0 radical (unpaired) electrons. The number of aromatic nitrogens is 1. The van der Waals surface area contributed by atoms with Crippen LogP contribution in [0.25, 0.3) is 0 Å². The number of aliphatic hydroxyl groups excluding tert-OH is 1. The van der Waals surface area contributed by atoms with Crippen molar-refractivity contribution in [2.75, 3.05) is 5.75 Å². The summed E-state index contributed by atoms with van der Waals surface area (Å²) in [6, 6.07) is 0. The minimum absolute atomic E-state index is 0.00373. The third-order valence-corrected chi connectivity index (χ3v) is 6.45. The maximum Gasteiger partial charge on any atom is 0.355 e. The van der Waals surface area contributed by atoms with Gasteiger partial charge in [0.2, 0.25) is 0 Å². The average Bonchev–Trinajstić information content (AvgIpc) is 3.24. The number of thiazole rings is 1. The van der Waals surface area contributed by atoms with Crippen LogP contribution in [0.4, 0.5) is 0 Å². The van der Waals surface area contributed by atoms with Crippen molar-refractivity contribution in [1.82, 2.24) is 4.98 Å². The largest absolute Gasteiger partial charge is 0.476 e. The summed E-state index contributed by atoms with van der Waals surface area (Å²) in [5, 5.41) is 20.3. The number of thioether (sulfide) groups is 1. The van der Waals surface area contributed by atoms with Crippen LogP contribution in [-0.2, 0) is 4.79 Å². The van der Waals surface area contributed by atoms with Crippen LogP contribution in [0, 0.1) is 23.7 Å². The molecule has 2 N–H and O–H groups in total. The number of Topliss-reactive ketones (excluding diaryl/α,β-unsaturated/α-hetero) is 1. The van der Waals surface area contributed by atoms with E-state index < -0.39 is 12.1 Å². The number of nitrogens with zero attached hydrogens (tertiary/aromatic N) is 1. The summed E-state index contributed by atoms with van der Waals surface area (Å²) in [5.74, 6) is 5.99. The lowest BCUT2D eigenvalue weighted by Crippen LogP contribution is -2.14. The molecule has 3 atom stereocenters. The Morgan fingerprint density at radius 3 is 3.07 bits per heavy atom. The van der Waals surface area contributed by atoms with Gasteiger partial charge in [0.1, 0.15) is 11.9 Å². The summed E-state index contributed by atoms with van der Waals surface area (Å²) >= 11 is 2.82. The van der Waals surface area contributed by atoms with Crippen molar-refractivity contribution in [1.29, 1.82) is 0 Å². The number of aliphatic hydroxyl groups is 1.